The van der Waals surface area contributed by atoms with Crippen LogP contribution in [0.2, 0.25) is 0 Å². The van der Waals surface area contributed by atoms with Gasteiger partial charge in [-0.05, 0) is 38.1 Å². The van der Waals surface area contributed by atoms with E-state index >= 15 is 0 Å². The molecule has 2 rings (SSSR count). The Morgan fingerprint density at radius 2 is 2.05 bits per heavy atom. The number of aliphatic carboxylic acids is 1. The summed E-state index contributed by atoms with van der Waals surface area (Å²) in [6.07, 6.45) is 2.73. The number of carboxylic acid groups (broad SMARTS) is 1. The average molecular weight is 305 g/mol. The predicted octanol–water partition coefficient (Wildman–Crippen LogP) is 0.377. The van der Waals surface area contributed by atoms with Crippen LogP contribution in [-0.4, -0.2) is 68.2 Å². The molecule has 116 valence electrons. The lowest BCUT2D eigenvalue weighted by Gasteiger charge is -2.37. The highest BCUT2D eigenvalue weighted by Crippen LogP contribution is 2.32. The summed E-state index contributed by atoms with van der Waals surface area (Å²) >= 11 is 0. The number of ether oxygens (including phenoxy) is 1. The Labute approximate surface area is 120 Å². The summed E-state index contributed by atoms with van der Waals surface area (Å²) in [4.78, 5) is 13.6. The molecule has 7 heteroatoms. The number of carboxylic acids is 1. The molecule has 0 aromatic rings. The van der Waals surface area contributed by atoms with Gasteiger partial charge in [0.15, 0.2) is 0 Å². The van der Waals surface area contributed by atoms with Crippen molar-refractivity contribution in [2.24, 2.45) is 5.92 Å². The van der Waals surface area contributed by atoms with Gasteiger partial charge in [-0.25, -0.2) is 8.42 Å². The summed E-state index contributed by atoms with van der Waals surface area (Å²) in [7, 11) is -1.34. The minimum absolute atomic E-state index is 0.188. The van der Waals surface area contributed by atoms with E-state index in [1.165, 1.54) is 7.11 Å². The molecule has 0 bridgehead atoms. The molecular formula is C13H23NO5S. The van der Waals surface area contributed by atoms with E-state index in [1.807, 2.05) is 4.90 Å². The van der Waals surface area contributed by atoms with Crippen molar-refractivity contribution < 1.29 is 23.1 Å². The number of rotatable bonds is 5. The molecular weight excluding hydrogens is 282 g/mol. The van der Waals surface area contributed by atoms with Gasteiger partial charge in [0.05, 0.1) is 18.1 Å². The summed E-state index contributed by atoms with van der Waals surface area (Å²) < 4.78 is 28.0. The van der Waals surface area contributed by atoms with Crippen molar-refractivity contribution in [2.45, 2.75) is 31.2 Å². The normalized spacial score (nSPS) is 31.4. The van der Waals surface area contributed by atoms with Crippen molar-refractivity contribution in [2.75, 3.05) is 38.3 Å². The Morgan fingerprint density at radius 3 is 2.60 bits per heavy atom. The van der Waals surface area contributed by atoms with Gasteiger partial charge in [0.25, 0.3) is 0 Å². The highest BCUT2D eigenvalue weighted by molar-refractivity contribution is 7.91. The Hall–Kier alpha value is -0.660. The molecule has 6 nitrogen and oxygen atoms in total. The third-order valence-corrected chi connectivity index (χ3v) is 6.27. The van der Waals surface area contributed by atoms with E-state index in [9.17, 15) is 18.3 Å². The molecule has 1 unspecified atom stereocenters. The van der Waals surface area contributed by atoms with Crippen LogP contribution in [0.25, 0.3) is 0 Å². The van der Waals surface area contributed by atoms with E-state index in [1.54, 1.807) is 0 Å². The summed E-state index contributed by atoms with van der Waals surface area (Å²) in [5.74, 6) is -0.0985. The quantitative estimate of drug-likeness (QED) is 0.790. The lowest BCUT2D eigenvalue weighted by molar-refractivity contribution is -0.153. The second-order valence-corrected chi connectivity index (χ2v) is 8.22. The van der Waals surface area contributed by atoms with Gasteiger partial charge in [-0.1, -0.05) is 0 Å². The monoisotopic (exact) mass is 305 g/mol. The molecule has 2 heterocycles. The van der Waals surface area contributed by atoms with Crippen molar-refractivity contribution in [1.82, 2.24) is 4.90 Å². The molecule has 20 heavy (non-hydrogen) atoms. The zero-order valence-electron chi connectivity index (χ0n) is 11.9. The maximum absolute atomic E-state index is 11.7. The Morgan fingerprint density at radius 1 is 1.40 bits per heavy atom. The third kappa shape index (κ3) is 3.15. The Balaban J connectivity index is 2.02. The van der Waals surface area contributed by atoms with Gasteiger partial charge in [-0.15, -0.1) is 0 Å². The van der Waals surface area contributed by atoms with Crippen molar-refractivity contribution >= 4 is 15.8 Å². The fraction of sp³-hybridized carbons (Fsp3) is 0.923. The van der Waals surface area contributed by atoms with E-state index in [4.69, 9.17) is 4.74 Å². The molecule has 0 saturated carbocycles. The number of sulfone groups is 1. The van der Waals surface area contributed by atoms with Crippen LogP contribution in [0.5, 0.6) is 0 Å². The molecule has 0 aromatic carbocycles. The Kier molecular flexibility index (Phi) is 4.71. The van der Waals surface area contributed by atoms with Gasteiger partial charge in [-0.3, -0.25) is 9.69 Å². The van der Waals surface area contributed by atoms with Gasteiger partial charge in [-0.2, -0.15) is 0 Å². The molecule has 1 N–H and O–H groups in total. The summed E-state index contributed by atoms with van der Waals surface area (Å²) in [6.45, 7) is 1.59. The molecule has 0 aliphatic carbocycles. The van der Waals surface area contributed by atoms with Crippen LogP contribution in [0.3, 0.4) is 0 Å². The van der Waals surface area contributed by atoms with Crippen molar-refractivity contribution in [3.05, 3.63) is 0 Å². The first-order valence-corrected chi connectivity index (χ1v) is 8.89. The van der Waals surface area contributed by atoms with Crippen LogP contribution in [0, 0.1) is 5.92 Å². The first-order chi connectivity index (χ1) is 9.39. The second-order valence-electron chi connectivity index (χ2n) is 5.91. The summed E-state index contributed by atoms with van der Waals surface area (Å²) in [5, 5.41) is 9.56. The fourth-order valence-electron chi connectivity index (χ4n) is 3.34. The molecule has 0 aromatic heterocycles. The first-order valence-electron chi connectivity index (χ1n) is 7.07. The first kappa shape index (κ1) is 15.7. The molecule has 2 aliphatic rings. The number of hydrogen-bond donors (Lipinski definition) is 1. The van der Waals surface area contributed by atoms with E-state index in [2.05, 4.69) is 0 Å². The van der Waals surface area contributed by atoms with Gasteiger partial charge in [0, 0.05) is 13.7 Å². The largest absolute Gasteiger partial charge is 0.480 e. The smallest absolute Gasteiger partial charge is 0.326 e. The van der Waals surface area contributed by atoms with E-state index in [0.29, 0.717) is 25.8 Å². The van der Waals surface area contributed by atoms with Gasteiger partial charge < -0.3 is 9.84 Å². The average Bonchev–Trinajstić information content (AvgIpc) is 2.77. The molecule has 0 radical (unpaired) electrons. The number of carbonyl (C=O) groups is 1. The topological polar surface area (TPSA) is 83.9 Å². The van der Waals surface area contributed by atoms with Gasteiger partial charge in [0.1, 0.15) is 15.4 Å². The molecule has 0 spiro atoms. The highest BCUT2D eigenvalue weighted by Gasteiger charge is 2.48. The van der Waals surface area contributed by atoms with E-state index in [-0.39, 0.29) is 24.0 Å². The summed E-state index contributed by atoms with van der Waals surface area (Å²) in [5.41, 5.74) is -0.926. The van der Waals surface area contributed by atoms with Crippen molar-refractivity contribution in [3.8, 4) is 0 Å². The summed E-state index contributed by atoms with van der Waals surface area (Å²) in [6, 6.07) is 0. The maximum atomic E-state index is 11.7. The SMILES string of the molecule is COCC1(C(=O)O)CCCN1CC1CCS(=O)(=O)CC1. The number of nitrogens with zero attached hydrogens (tertiary/aromatic N) is 1. The molecule has 0 amide bonds. The van der Waals surface area contributed by atoms with Crippen LogP contribution in [0.4, 0.5) is 0 Å². The molecule has 2 saturated heterocycles. The van der Waals surface area contributed by atoms with Crippen molar-refractivity contribution in [1.29, 1.82) is 0 Å². The van der Waals surface area contributed by atoms with E-state index in [0.717, 1.165) is 13.0 Å². The molecule has 2 fully saturated rings. The van der Waals surface area contributed by atoms with Crippen molar-refractivity contribution in [3.63, 3.8) is 0 Å². The standard InChI is InChI=1S/C13H23NO5S/c1-19-10-13(12(15)16)5-2-6-14(13)9-11-3-7-20(17,18)8-4-11/h11H,2-10H2,1H3,(H,15,16). The number of likely N-dealkylation sites (tertiary alicyclic amines) is 1. The minimum Gasteiger partial charge on any atom is -0.480 e. The fourth-order valence-corrected chi connectivity index (χ4v) is 4.93. The second kappa shape index (κ2) is 5.99. The zero-order chi connectivity index (χ0) is 14.8. The highest BCUT2D eigenvalue weighted by atomic mass is 32.2. The Bertz CT molecular complexity index is 449. The zero-order valence-corrected chi connectivity index (χ0v) is 12.7. The van der Waals surface area contributed by atoms with Crippen LogP contribution < -0.4 is 0 Å². The van der Waals surface area contributed by atoms with E-state index < -0.39 is 21.3 Å². The molecule has 2 aliphatic heterocycles. The third-order valence-electron chi connectivity index (χ3n) is 4.56. The van der Waals surface area contributed by atoms with Crippen LogP contribution in [-0.2, 0) is 19.4 Å². The lowest BCUT2D eigenvalue weighted by Crippen LogP contribution is -2.55. The maximum Gasteiger partial charge on any atom is 0.326 e. The van der Waals surface area contributed by atoms with Gasteiger partial charge >= 0.3 is 5.97 Å². The number of hydrogen-bond acceptors (Lipinski definition) is 5. The van der Waals surface area contributed by atoms with Crippen LogP contribution in [0.1, 0.15) is 25.7 Å². The molecule has 1 atom stereocenters. The lowest BCUT2D eigenvalue weighted by atomic mass is 9.94. The predicted molar refractivity (Wildman–Crippen MR) is 74.4 cm³/mol. The van der Waals surface area contributed by atoms with Crippen LogP contribution in [0.15, 0.2) is 0 Å². The van der Waals surface area contributed by atoms with Gasteiger partial charge in [0.2, 0.25) is 0 Å². The van der Waals surface area contributed by atoms with Crippen LogP contribution >= 0.6 is 0 Å². The minimum atomic E-state index is -2.86. The number of methoxy groups -OCH3 is 1.